The maximum absolute atomic E-state index is 12.6. The molecule has 11 heteroatoms. The molecule has 0 aliphatic rings. The summed E-state index contributed by atoms with van der Waals surface area (Å²) in [6.45, 7) is 3.74. The van der Waals surface area contributed by atoms with Gasteiger partial charge >= 0.3 is 19.8 Å². The Bertz CT molecular complexity index is 1060. The number of unbranched alkanes of at least 4 members (excludes halogenated alkanes) is 19. The molecule has 0 aromatic rings. The Balaban J connectivity index is 4.26. The molecule has 0 saturated carbocycles. The Kier molecular flexibility index (Phi) is 38.6. The molecule has 0 aliphatic heterocycles. The fraction of sp³-hybridized carbons (Fsp3) is 0.773. The predicted molar refractivity (Wildman–Crippen MR) is 226 cm³/mol. The number of hydrogen-bond acceptors (Lipinski definition) is 8. The second-order valence-corrected chi connectivity index (χ2v) is 15.9. The Morgan fingerprint density at radius 2 is 1.05 bits per heavy atom. The quantitative estimate of drug-likeness (QED) is 0.0236. The Labute approximate surface area is 335 Å². The number of allylic oxidation sites excluding steroid dienone is 8. The number of carboxylic acid groups (broad SMARTS) is 1. The topological polar surface area (TPSA) is 155 Å². The summed E-state index contributed by atoms with van der Waals surface area (Å²) < 4.78 is 33.3. The number of esters is 1. The molecule has 0 fully saturated rings. The van der Waals surface area contributed by atoms with Gasteiger partial charge in [0.1, 0.15) is 12.1 Å². The van der Waals surface area contributed by atoms with Crippen molar-refractivity contribution < 1.29 is 42.7 Å². The van der Waals surface area contributed by atoms with Crippen molar-refractivity contribution in [2.75, 3.05) is 26.4 Å². The zero-order valence-corrected chi connectivity index (χ0v) is 35.7. The molecule has 10 nitrogen and oxygen atoms in total. The van der Waals surface area contributed by atoms with Crippen molar-refractivity contribution in [3.8, 4) is 0 Å². The number of carbonyl (C=O) groups excluding carboxylic acids is 1. The van der Waals surface area contributed by atoms with Crippen molar-refractivity contribution in [1.29, 1.82) is 0 Å². The fourth-order valence-corrected chi connectivity index (χ4v) is 6.51. The van der Waals surface area contributed by atoms with Crippen LogP contribution in [0.15, 0.2) is 48.6 Å². The zero-order chi connectivity index (χ0) is 40.5. The van der Waals surface area contributed by atoms with E-state index in [-0.39, 0.29) is 13.0 Å². The van der Waals surface area contributed by atoms with Gasteiger partial charge in [0, 0.05) is 13.0 Å². The first kappa shape index (κ1) is 52.9. The van der Waals surface area contributed by atoms with Crippen LogP contribution >= 0.6 is 7.82 Å². The minimum Gasteiger partial charge on any atom is -0.480 e. The third-order valence-corrected chi connectivity index (χ3v) is 10.0. The van der Waals surface area contributed by atoms with E-state index in [4.69, 9.17) is 29.4 Å². The van der Waals surface area contributed by atoms with Crippen molar-refractivity contribution >= 4 is 19.8 Å². The van der Waals surface area contributed by atoms with Crippen molar-refractivity contribution in [3.63, 3.8) is 0 Å². The van der Waals surface area contributed by atoms with Crippen LogP contribution < -0.4 is 5.73 Å². The molecule has 0 bridgehead atoms. The summed E-state index contributed by atoms with van der Waals surface area (Å²) in [6.07, 6.45) is 45.9. The highest BCUT2D eigenvalue weighted by Gasteiger charge is 2.27. The van der Waals surface area contributed by atoms with Gasteiger partial charge < -0.3 is 25.2 Å². The van der Waals surface area contributed by atoms with Crippen molar-refractivity contribution in [1.82, 2.24) is 0 Å². The van der Waals surface area contributed by atoms with E-state index in [0.29, 0.717) is 13.0 Å². The van der Waals surface area contributed by atoms with Gasteiger partial charge in [-0.1, -0.05) is 152 Å². The number of hydrogen-bond donors (Lipinski definition) is 3. The Morgan fingerprint density at radius 1 is 0.600 bits per heavy atom. The highest BCUT2D eigenvalue weighted by Crippen LogP contribution is 2.43. The monoisotopic (exact) mass is 798 g/mol. The first-order chi connectivity index (χ1) is 26.7. The van der Waals surface area contributed by atoms with Crippen LogP contribution in [0.25, 0.3) is 0 Å². The summed E-state index contributed by atoms with van der Waals surface area (Å²) in [6, 6.07) is -1.48. The molecule has 0 aromatic heterocycles. The minimum atomic E-state index is -4.62. The van der Waals surface area contributed by atoms with Gasteiger partial charge in [0.2, 0.25) is 0 Å². The van der Waals surface area contributed by atoms with Crippen LogP contribution in [0, 0.1) is 0 Å². The molecule has 0 amide bonds. The summed E-state index contributed by atoms with van der Waals surface area (Å²) in [5.74, 6) is -1.80. The highest BCUT2D eigenvalue weighted by molar-refractivity contribution is 7.47. The van der Waals surface area contributed by atoms with Crippen LogP contribution in [0.1, 0.15) is 181 Å². The smallest absolute Gasteiger partial charge is 0.472 e. The molecule has 0 spiro atoms. The van der Waals surface area contributed by atoms with Gasteiger partial charge in [-0.3, -0.25) is 18.6 Å². The highest BCUT2D eigenvalue weighted by atomic mass is 31.2. The number of aliphatic carboxylic acids is 1. The molecule has 0 rings (SSSR count). The van der Waals surface area contributed by atoms with E-state index in [2.05, 4.69) is 62.5 Å². The fourth-order valence-electron chi connectivity index (χ4n) is 5.73. The average molecular weight is 798 g/mol. The normalized spacial score (nSPS) is 14.4. The molecule has 3 atom stereocenters. The molecule has 0 saturated heterocycles. The van der Waals surface area contributed by atoms with Crippen molar-refractivity contribution in [2.45, 2.75) is 193 Å². The third-order valence-electron chi connectivity index (χ3n) is 9.09. The number of phosphoric ester groups is 1. The van der Waals surface area contributed by atoms with Crippen LogP contribution in [-0.2, 0) is 32.7 Å². The number of phosphoric acid groups is 1. The van der Waals surface area contributed by atoms with Crippen LogP contribution in [0.4, 0.5) is 0 Å². The maximum Gasteiger partial charge on any atom is 0.472 e. The van der Waals surface area contributed by atoms with E-state index in [1.54, 1.807) is 0 Å². The number of ether oxygens (including phenoxy) is 2. The maximum atomic E-state index is 12.6. The molecule has 4 N–H and O–H groups in total. The second kappa shape index (κ2) is 40.1. The van der Waals surface area contributed by atoms with E-state index >= 15 is 0 Å². The van der Waals surface area contributed by atoms with Crippen LogP contribution in [0.5, 0.6) is 0 Å². The predicted octanol–water partition coefficient (Wildman–Crippen LogP) is 11.9. The van der Waals surface area contributed by atoms with Crippen molar-refractivity contribution in [3.05, 3.63) is 48.6 Å². The molecule has 55 heavy (non-hydrogen) atoms. The summed E-state index contributed by atoms with van der Waals surface area (Å²) in [5, 5.41) is 8.89. The number of carbonyl (C=O) groups is 2. The largest absolute Gasteiger partial charge is 0.480 e. The van der Waals surface area contributed by atoms with Crippen LogP contribution in [0.3, 0.4) is 0 Å². The van der Waals surface area contributed by atoms with Gasteiger partial charge in [0.25, 0.3) is 0 Å². The molecular formula is C44H80NO9P. The molecule has 0 radical (unpaired) electrons. The summed E-state index contributed by atoms with van der Waals surface area (Å²) in [7, 11) is -4.62. The average Bonchev–Trinajstić information content (AvgIpc) is 3.16. The van der Waals surface area contributed by atoms with Gasteiger partial charge in [-0.25, -0.2) is 4.57 Å². The van der Waals surface area contributed by atoms with Gasteiger partial charge in [0.05, 0.1) is 19.8 Å². The molecule has 0 heterocycles. The first-order valence-electron chi connectivity index (χ1n) is 21.7. The number of rotatable bonds is 41. The summed E-state index contributed by atoms with van der Waals surface area (Å²) in [5.41, 5.74) is 5.35. The van der Waals surface area contributed by atoms with Crippen molar-refractivity contribution in [2.24, 2.45) is 5.73 Å². The lowest BCUT2D eigenvalue weighted by Crippen LogP contribution is -2.34. The van der Waals surface area contributed by atoms with Gasteiger partial charge in [-0.15, -0.1) is 0 Å². The molecule has 3 unspecified atom stereocenters. The van der Waals surface area contributed by atoms with E-state index < -0.39 is 45.1 Å². The number of nitrogens with two attached hydrogens (primary N) is 1. The van der Waals surface area contributed by atoms with Gasteiger partial charge in [0.15, 0.2) is 0 Å². The third kappa shape index (κ3) is 39.9. The summed E-state index contributed by atoms with van der Waals surface area (Å²) >= 11 is 0. The van der Waals surface area contributed by atoms with E-state index in [9.17, 15) is 19.0 Å². The molecule has 0 aliphatic carbocycles. The number of carboxylic acids is 1. The first-order valence-corrected chi connectivity index (χ1v) is 23.2. The van der Waals surface area contributed by atoms with Crippen LogP contribution in [0.2, 0.25) is 0 Å². The molecule has 0 aromatic carbocycles. The lowest BCUT2D eigenvalue weighted by Gasteiger charge is -2.20. The second-order valence-electron chi connectivity index (χ2n) is 14.4. The Morgan fingerprint density at radius 3 is 1.60 bits per heavy atom. The van der Waals surface area contributed by atoms with Gasteiger partial charge in [-0.2, -0.15) is 0 Å². The standard InChI is InChI=1S/C44H80NO9P/c1-3-5-7-9-11-13-15-17-19-20-21-23-25-27-29-31-33-35-37-51-38-41(39-52-55(49,50)53-40-42(45)44(47)48)54-43(46)36-34-32-30-28-26-24-22-18-16-14-12-10-8-6-4-2/h6,8,12,14,17-19,22,41-42H,3-5,7,9-11,13,15-16,20-21,23-40,45H2,1-2H3,(H,47,48)(H,49,50)/b8-6-,14-12-,19-17-,22-18-. The zero-order valence-electron chi connectivity index (χ0n) is 34.8. The van der Waals surface area contributed by atoms with E-state index in [1.807, 2.05) is 0 Å². The lowest BCUT2D eigenvalue weighted by molar-refractivity contribution is -0.154. The SMILES string of the molecule is CC/C=C\C/C=C\C/C=C\CCCCCCCC(=O)OC(COCCCCCCCCCC/C=C\CCCCCCCC)COP(=O)(O)OCC(N)C(=O)O. The summed E-state index contributed by atoms with van der Waals surface area (Å²) in [4.78, 5) is 33.5. The van der Waals surface area contributed by atoms with Gasteiger partial charge in [-0.05, 0) is 70.6 Å². The van der Waals surface area contributed by atoms with Crippen LogP contribution in [-0.4, -0.2) is 60.5 Å². The minimum absolute atomic E-state index is 0.00694. The van der Waals surface area contributed by atoms with E-state index in [1.165, 1.54) is 83.5 Å². The molecule has 320 valence electrons. The lowest BCUT2D eigenvalue weighted by atomic mass is 10.1. The molecular weight excluding hydrogens is 717 g/mol. The Hall–Kier alpha value is -2.07. The van der Waals surface area contributed by atoms with E-state index in [0.717, 1.165) is 70.6 Å².